The minimum Gasteiger partial charge on any atom is -0.324 e. The van der Waals surface area contributed by atoms with Gasteiger partial charge in [-0.2, -0.15) is 0 Å². The molecular weight excluding hydrogens is 362 g/mol. The Morgan fingerprint density at radius 2 is 1.59 bits per heavy atom. The van der Waals surface area contributed by atoms with Gasteiger partial charge < -0.3 is 10.2 Å². The Bertz CT molecular complexity index is 1020. The average Bonchev–Trinajstić information content (AvgIpc) is 3.10. The Balaban J connectivity index is 1.43. The molecule has 0 aromatic heterocycles. The number of nitrogens with zero attached hydrogens (tertiary/aromatic N) is 2. The van der Waals surface area contributed by atoms with Gasteiger partial charge in [-0.25, -0.2) is 4.79 Å². The number of hydrogen-bond acceptors (Lipinski definition) is 2. The summed E-state index contributed by atoms with van der Waals surface area (Å²) in [6.45, 7) is 3.15. The largest absolute Gasteiger partial charge is 0.325 e. The molecule has 1 saturated heterocycles. The maximum Gasteiger partial charge on any atom is 0.325 e. The van der Waals surface area contributed by atoms with E-state index >= 15 is 0 Å². The fraction of sp³-hybridized carbons (Fsp3) is 0.167. The predicted octanol–water partition coefficient (Wildman–Crippen LogP) is 4.54. The molecule has 0 spiro atoms. The van der Waals surface area contributed by atoms with Crippen LogP contribution in [0.4, 0.5) is 16.2 Å². The van der Waals surface area contributed by atoms with Gasteiger partial charge in [0.05, 0.1) is 0 Å². The van der Waals surface area contributed by atoms with Crippen LogP contribution in [0.2, 0.25) is 0 Å². The van der Waals surface area contributed by atoms with Crippen molar-refractivity contribution in [3.8, 4) is 11.1 Å². The lowest BCUT2D eigenvalue weighted by atomic mass is 10.0. The summed E-state index contributed by atoms with van der Waals surface area (Å²) in [6, 6.07) is 25.3. The maximum absolute atomic E-state index is 12.7. The van der Waals surface area contributed by atoms with Gasteiger partial charge in [0.2, 0.25) is 5.91 Å². The first-order valence-corrected chi connectivity index (χ1v) is 9.69. The number of carbonyl (C=O) groups excluding carboxylic acids is 2. The molecule has 3 aromatic rings. The van der Waals surface area contributed by atoms with E-state index in [0.29, 0.717) is 13.1 Å². The second-order valence-corrected chi connectivity index (χ2v) is 7.15. The molecule has 29 heavy (non-hydrogen) atoms. The van der Waals surface area contributed by atoms with Gasteiger partial charge in [0, 0.05) is 30.0 Å². The number of hydrogen-bond donors (Lipinski definition) is 1. The molecule has 1 fully saturated rings. The van der Waals surface area contributed by atoms with Crippen LogP contribution in [0.15, 0.2) is 78.9 Å². The fourth-order valence-corrected chi connectivity index (χ4v) is 3.52. The molecule has 1 N–H and O–H groups in total. The standard InChI is InChI=1S/C24H23N3O2/c1-18-11-13-20(14-12-18)27-16-15-26(24(27)29)17-23(28)25-22-10-6-5-9-21(22)19-7-3-2-4-8-19/h2-14H,15-17H2,1H3,(H,25,28). The quantitative estimate of drug-likeness (QED) is 0.701. The van der Waals surface area contributed by atoms with Crippen molar-refractivity contribution in [3.05, 3.63) is 84.4 Å². The maximum atomic E-state index is 12.7. The van der Waals surface area contributed by atoms with E-state index in [4.69, 9.17) is 0 Å². The van der Waals surface area contributed by atoms with E-state index in [-0.39, 0.29) is 18.5 Å². The van der Waals surface area contributed by atoms with E-state index in [1.54, 1.807) is 9.80 Å². The minimum absolute atomic E-state index is 0.0321. The van der Waals surface area contributed by atoms with E-state index < -0.39 is 0 Å². The van der Waals surface area contributed by atoms with Crippen LogP contribution < -0.4 is 10.2 Å². The number of aryl methyl sites for hydroxylation is 1. The highest BCUT2D eigenvalue weighted by molar-refractivity contribution is 6.01. The van der Waals surface area contributed by atoms with Gasteiger partial charge in [-0.3, -0.25) is 9.69 Å². The summed E-state index contributed by atoms with van der Waals surface area (Å²) in [5.41, 5.74) is 4.74. The first-order valence-electron chi connectivity index (χ1n) is 9.69. The number of rotatable bonds is 5. The Kier molecular flexibility index (Phi) is 5.29. The molecule has 4 rings (SSSR count). The predicted molar refractivity (Wildman–Crippen MR) is 116 cm³/mol. The highest BCUT2D eigenvalue weighted by Gasteiger charge is 2.30. The molecule has 0 saturated carbocycles. The lowest BCUT2D eigenvalue weighted by Crippen LogP contribution is -2.37. The summed E-state index contributed by atoms with van der Waals surface area (Å²) in [5, 5.41) is 2.97. The van der Waals surface area contributed by atoms with Gasteiger partial charge in [-0.05, 0) is 30.7 Å². The van der Waals surface area contributed by atoms with Gasteiger partial charge in [-0.15, -0.1) is 0 Å². The molecule has 1 heterocycles. The Hall–Kier alpha value is -3.60. The zero-order valence-corrected chi connectivity index (χ0v) is 16.3. The molecule has 0 atom stereocenters. The molecule has 0 radical (unpaired) electrons. The van der Waals surface area contributed by atoms with Crippen molar-refractivity contribution in [1.82, 2.24) is 4.90 Å². The van der Waals surface area contributed by atoms with Crippen LogP contribution in [0.25, 0.3) is 11.1 Å². The highest BCUT2D eigenvalue weighted by Crippen LogP contribution is 2.27. The zero-order chi connectivity index (χ0) is 20.2. The van der Waals surface area contributed by atoms with Crippen molar-refractivity contribution in [2.45, 2.75) is 6.92 Å². The second kappa shape index (κ2) is 8.19. The molecule has 0 aliphatic carbocycles. The summed E-state index contributed by atoms with van der Waals surface area (Å²) < 4.78 is 0. The molecule has 146 valence electrons. The fourth-order valence-electron chi connectivity index (χ4n) is 3.52. The van der Waals surface area contributed by atoms with Crippen LogP contribution in [0.3, 0.4) is 0 Å². The van der Waals surface area contributed by atoms with Crippen molar-refractivity contribution >= 4 is 23.3 Å². The van der Waals surface area contributed by atoms with Crippen LogP contribution in [-0.4, -0.2) is 36.5 Å². The van der Waals surface area contributed by atoms with Crippen LogP contribution in [0.5, 0.6) is 0 Å². The molecule has 3 aromatic carbocycles. The summed E-state index contributed by atoms with van der Waals surface area (Å²) in [4.78, 5) is 28.7. The van der Waals surface area contributed by atoms with Crippen LogP contribution >= 0.6 is 0 Å². The third-order valence-electron chi connectivity index (χ3n) is 5.06. The Labute approximate surface area is 170 Å². The monoisotopic (exact) mass is 385 g/mol. The smallest absolute Gasteiger partial charge is 0.324 e. The second-order valence-electron chi connectivity index (χ2n) is 7.15. The van der Waals surface area contributed by atoms with E-state index in [1.807, 2.05) is 85.8 Å². The van der Waals surface area contributed by atoms with Crippen molar-refractivity contribution < 1.29 is 9.59 Å². The molecule has 5 heteroatoms. The van der Waals surface area contributed by atoms with E-state index in [9.17, 15) is 9.59 Å². The molecule has 1 aliphatic rings. The van der Waals surface area contributed by atoms with Gasteiger partial charge in [0.15, 0.2) is 0 Å². The first kappa shape index (κ1) is 18.7. The number of anilines is 2. The van der Waals surface area contributed by atoms with Gasteiger partial charge in [0.1, 0.15) is 6.54 Å². The summed E-state index contributed by atoms with van der Waals surface area (Å²) in [5.74, 6) is -0.201. The zero-order valence-electron chi connectivity index (χ0n) is 16.3. The topological polar surface area (TPSA) is 52.6 Å². The SMILES string of the molecule is Cc1ccc(N2CCN(CC(=O)Nc3ccccc3-c3ccccc3)C2=O)cc1. The van der Waals surface area contributed by atoms with Crippen LogP contribution in [0.1, 0.15) is 5.56 Å². The molecule has 0 unspecified atom stereocenters. The first-order chi connectivity index (χ1) is 14.1. The van der Waals surface area contributed by atoms with E-state index in [0.717, 1.165) is 28.1 Å². The number of amides is 3. The van der Waals surface area contributed by atoms with E-state index in [2.05, 4.69) is 5.32 Å². The van der Waals surface area contributed by atoms with Gasteiger partial charge in [-0.1, -0.05) is 66.2 Å². The number of nitrogens with one attached hydrogen (secondary N) is 1. The van der Waals surface area contributed by atoms with Crippen molar-refractivity contribution in [2.75, 3.05) is 29.9 Å². The number of carbonyl (C=O) groups is 2. The minimum atomic E-state index is -0.201. The Morgan fingerprint density at radius 3 is 2.34 bits per heavy atom. The van der Waals surface area contributed by atoms with E-state index in [1.165, 1.54) is 0 Å². The highest BCUT2D eigenvalue weighted by atomic mass is 16.2. The van der Waals surface area contributed by atoms with Crippen LogP contribution in [0, 0.1) is 6.92 Å². The number of benzene rings is 3. The lowest BCUT2D eigenvalue weighted by molar-refractivity contribution is -0.116. The molecule has 0 bridgehead atoms. The van der Waals surface area contributed by atoms with Crippen molar-refractivity contribution in [3.63, 3.8) is 0 Å². The van der Waals surface area contributed by atoms with Crippen LogP contribution in [-0.2, 0) is 4.79 Å². The lowest BCUT2D eigenvalue weighted by Gasteiger charge is -2.19. The van der Waals surface area contributed by atoms with Crippen molar-refractivity contribution in [2.24, 2.45) is 0 Å². The van der Waals surface area contributed by atoms with Crippen molar-refractivity contribution in [1.29, 1.82) is 0 Å². The average molecular weight is 385 g/mol. The van der Waals surface area contributed by atoms with Gasteiger partial charge in [0.25, 0.3) is 0 Å². The molecule has 1 aliphatic heterocycles. The molecule has 5 nitrogen and oxygen atoms in total. The normalized spacial score (nSPS) is 13.6. The summed E-state index contributed by atoms with van der Waals surface area (Å²) in [6.07, 6.45) is 0. The summed E-state index contributed by atoms with van der Waals surface area (Å²) in [7, 11) is 0. The summed E-state index contributed by atoms with van der Waals surface area (Å²) >= 11 is 0. The molecular formula is C24H23N3O2. The third kappa shape index (κ3) is 4.14. The van der Waals surface area contributed by atoms with Gasteiger partial charge >= 0.3 is 6.03 Å². The number of urea groups is 1. The molecule has 3 amide bonds. The third-order valence-corrected chi connectivity index (χ3v) is 5.06. The number of para-hydroxylation sites is 1. The Morgan fingerprint density at radius 1 is 0.897 bits per heavy atom.